The van der Waals surface area contributed by atoms with E-state index in [0.29, 0.717) is 5.56 Å². The van der Waals surface area contributed by atoms with Crippen LogP contribution in [0.25, 0.3) is 0 Å². The van der Waals surface area contributed by atoms with E-state index in [0.717, 1.165) is 15.9 Å². The Morgan fingerprint density at radius 1 is 1.40 bits per heavy atom. The molecule has 0 amide bonds. The van der Waals surface area contributed by atoms with Gasteiger partial charge in [-0.3, -0.25) is 9.48 Å². The summed E-state index contributed by atoms with van der Waals surface area (Å²) >= 11 is 15.3. The first-order chi connectivity index (χ1) is 9.31. The molecule has 0 radical (unpaired) electrons. The third-order valence-electron chi connectivity index (χ3n) is 2.99. The molecular formula is C13H12BrCl2N3O. The fraction of sp³-hybridized carbons (Fsp3) is 0.231. The van der Waals surface area contributed by atoms with Gasteiger partial charge in [0.05, 0.1) is 38.0 Å². The zero-order valence-electron chi connectivity index (χ0n) is 10.9. The predicted octanol–water partition coefficient (Wildman–Crippen LogP) is 3.81. The molecule has 1 aromatic heterocycles. The van der Waals surface area contributed by atoms with Gasteiger partial charge in [0.25, 0.3) is 0 Å². The van der Waals surface area contributed by atoms with E-state index in [-0.39, 0.29) is 27.9 Å². The zero-order chi connectivity index (χ0) is 15.0. The van der Waals surface area contributed by atoms with Crippen molar-refractivity contribution in [3.05, 3.63) is 43.6 Å². The van der Waals surface area contributed by atoms with Gasteiger partial charge in [-0.25, -0.2) is 0 Å². The van der Waals surface area contributed by atoms with Gasteiger partial charge in [0.2, 0.25) is 0 Å². The number of halogens is 3. The third-order valence-corrected chi connectivity index (χ3v) is 4.65. The molecule has 20 heavy (non-hydrogen) atoms. The fourth-order valence-corrected chi connectivity index (χ4v) is 2.83. The molecule has 0 saturated heterocycles. The minimum Gasteiger partial charge on any atom is -0.396 e. The number of carbonyl (C=O) groups excluding carboxylic acids is 1. The van der Waals surface area contributed by atoms with Gasteiger partial charge < -0.3 is 5.73 Å². The number of hydrogen-bond acceptors (Lipinski definition) is 3. The summed E-state index contributed by atoms with van der Waals surface area (Å²) in [6, 6.07) is 3.06. The third kappa shape index (κ3) is 2.85. The summed E-state index contributed by atoms with van der Waals surface area (Å²) in [5.41, 5.74) is 8.01. The smallest absolute Gasteiger partial charge is 0.168 e. The van der Waals surface area contributed by atoms with E-state index in [4.69, 9.17) is 28.9 Å². The highest BCUT2D eigenvalue weighted by Crippen LogP contribution is 2.30. The van der Waals surface area contributed by atoms with Crippen LogP contribution in [0.1, 0.15) is 21.7 Å². The summed E-state index contributed by atoms with van der Waals surface area (Å²) in [6.07, 6.45) is 0.203. The lowest BCUT2D eigenvalue weighted by Crippen LogP contribution is -2.09. The van der Waals surface area contributed by atoms with Gasteiger partial charge in [0.1, 0.15) is 0 Å². The van der Waals surface area contributed by atoms with Crippen LogP contribution in [0.3, 0.4) is 0 Å². The number of benzene rings is 1. The monoisotopic (exact) mass is 375 g/mol. The minimum atomic E-state index is -0.0995. The van der Waals surface area contributed by atoms with E-state index in [2.05, 4.69) is 21.0 Å². The second-order valence-corrected chi connectivity index (χ2v) is 6.03. The molecule has 0 fully saturated rings. The van der Waals surface area contributed by atoms with Crippen LogP contribution in [0, 0.1) is 6.92 Å². The topological polar surface area (TPSA) is 60.9 Å². The Hall–Kier alpha value is -1.04. The molecular weight excluding hydrogens is 365 g/mol. The Labute approximate surface area is 135 Å². The summed E-state index contributed by atoms with van der Waals surface area (Å²) in [7, 11) is 1.79. The molecule has 4 nitrogen and oxygen atoms in total. The number of nitrogen functional groups attached to an aromatic ring is 1. The summed E-state index contributed by atoms with van der Waals surface area (Å²) in [4.78, 5) is 12.3. The molecule has 0 aliphatic carbocycles. The first kappa shape index (κ1) is 15.4. The van der Waals surface area contributed by atoms with Crippen LogP contribution in [-0.4, -0.2) is 15.6 Å². The Bertz CT molecular complexity index is 674. The second kappa shape index (κ2) is 5.76. The van der Waals surface area contributed by atoms with Gasteiger partial charge in [0.15, 0.2) is 5.78 Å². The highest BCUT2D eigenvalue weighted by atomic mass is 79.9. The SMILES string of the molecule is Cc1nn(C)c(CC(=O)c2cc(Cl)c(N)c(Cl)c2)c1Br. The van der Waals surface area contributed by atoms with Crippen molar-refractivity contribution in [2.75, 3.05) is 5.73 Å². The number of ketones is 1. The quantitative estimate of drug-likeness (QED) is 0.654. The van der Waals surface area contributed by atoms with Gasteiger partial charge in [-0.05, 0) is 35.0 Å². The number of aromatic nitrogens is 2. The number of nitrogens with two attached hydrogens (primary N) is 1. The van der Waals surface area contributed by atoms with E-state index >= 15 is 0 Å². The standard InChI is InChI=1S/C13H12BrCl2N3O/c1-6-12(14)10(19(2)18-6)5-11(20)7-3-8(15)13(17)9(16)4-7/h3-4H,5,17H2,1-2H3. The average Bonchev–Trinajstić information content (AvgIpc) is 2.62. The maximum Gasteiger partial charge on any atom is 0.168 e. The molecule has 0 saturated carbocycles. The number of hydrogen-bond donors (Lipinski definition) is 1. The molecule has 2 rings (SSSR count). The van der Waals surface area contributed by atoms with Crippen molar-refractivity contribution in [3.8, 4) is 0 Å². The molecule has 7 heteroatoms. The maximum absolute atomic E-state index is 12.3. The van der Waals surface area contributed by atoms with Crippen LogP contribution >= 0.6 is 39.1 Å². The Kier molecular flexibility index (Phi) is 4.42. The summed E-state index contributed by atoms with van der Waals surface area (Å²) in [5, 5.41) is 4.81. The summed E-state index contributed by atoms with van der Waals surface area (Å²) in [6.45, 7) is 1.87. The Morgan fingerprint density at radius 2 is 1.95 bits per heavy atom. The maximum atomic E-state index is 12.3. The number of rotatable bonds is 3. The van der Waals surface area contributed by atoms with Crippen molar-refractivity contribution in [2.45, 2.75) is 13.3 Å². The van der Waals surface area contributed by atoms with Crippen LogP contribution in [0.4, 0.5) is 5.69 Å². The van der Waals surface area contributed by atoms with Crippen molar-refractivity contribution in [1.29, 1.82) is 0 Å². The van der Waals surface area contributed by atoms with Crippen molar-refractivity contribution in [3.63, 3.8) is 0 Å². The zero-order valence-corrected chi connectivity index (χ0v) is 14.0. The van der Waals surface area contributed by atoms with Crippen LogP contribution in [0.15, 0.2) is 16.6 Å². The lowest BCUT2D eigenvalue weighted by molar-refractivity contribution is 0.0990. The molecule has 0 spiro atoms. The van der Waals surface area contributed by atoms with E-state index in [1.807, 2.05) is 6.92 Å². The van der Waals surface area contributed by atoms with E-state index in [1.54, 1.807) is 11.7 Å². The van der Waals surface area contributed by atoms with Crippen LogP contribution in [-0.2, 0) is 13.5 Å². The molecule has 1 aromatic carbocycles. The molecule has 0 aliphatic heterocycles. The number of anilines is 1. The van der Waals surface area contributed by atoms with Crippen molar-refractivity contribution >= 4 is 50.6 Å². The van der Waals surface area contributed by atoms with Crippen molar-refractivity contribution < 1.29 is 4.79 Å². The Morgan fingerprint density at radius 3 is 2.40 bits per heavy atom. The first-order valence-corrected chi connectivity index (χ1v) is 7.31. The van der Waals surface area contributed by atoms with Crippen LogP contribution < -0.4 is 5.73 Å². The average molecular weight is 377 g/mol. The number of Topliss-reactive ketones (excluding diaryl/α,β-unsaturated/α-hetero) is 1. The van der Waals surface area contributed by atoms with Gasteiger partial charge in [0, 0.05) is 12.6 Å². The van der Waals surface area contributed by atoms with Crippen LogP contribution in [0.5, 0.6) is 0 Å². The van der Waals surface area contributed by atoms with Gasteiger partial charge >= 0.3 is 0 Å². The lowest BCUT2D eigenvalue weighted by Gasteiger charge is -2.06. The normalized spacial score (nSPS) is 10.8. The van der Waals surface area contributed by atoms with E-state index in [9.17, 15) is 4.79 Å². The molecule has 0 unspecified atom stereocenters. The molecule has 2 N–H and O–H groups in total. The molecule has 0 atom stereocenters. The number of aryl methyl sites for hydroxylation is 2. The van der Waals surface area contributed by atoms with Crippen molar-refractivity contribution in [1.82, 2.24) is 9.78 Å². The molecule has 2 aromatic rings. The van der Waals surface area contributed by atoms with Gasteiger partial charge in [-0.1, -0.05) is 23.2 Å². The largest absolute Gasteiger partial charge is 0.396 e. The minimum absolute atomic E-state index is 0.0995. The fourth-order valence-electron chi connectivity index (χ4n) is 1.87. The number of nitrogens with zero attached hydrogens (tertiary/aromatic N) is 2. The second-order valence-electron chi connectivity index (χ2n) is 4.42. The molecule has 106 valence electrons. The van der Waals surface area contributed by atoms with E-state index < -0.39 is 0 Å². The molecule has 0 aliphatic rings. The lowest BCUT2D eigenvalue weighted by atomic mass is 10.1. The summed E-state index contributed by atoms with van der Waals surface area (Å²) < 4.78 is 2.51. The van der Waals surface area contributed by atoms with Crippen molar-refractivity contribution in [2.24, 2.45) is 7.05 Å². The first-order valence-electron chi connectivity index (χ1n) is 5.77. The summed E-state index contributed by atoms with van der Waals surface area (Å²) in [5.74, 6) is -0.0995. The number of carbonyl (C=O) groups is 1. The molecule has 0 bridgehead atoms. The highest BCUT2D eigenvalue weighted by molar-refractivity contribution is 9.10. The predicted molar refractivity (Wildman–Crippen MR) is 84.6 cm³/mol. The molecule has 1 heterocycles. The Balaban J connectivity index is 2.33. The van der Waals surface area contributed by atoms with Gasteiger partial charge in [-0.15, -0.1) is 0 Å². The van der Waals surface area contributed by atoms with Crippen LogP contribution in [0.2, 0.25) is 10.0 Å². The van der Waals surface area contributed by atoms with Gasteiger partial charge in [-0.2, -0.15) is 5.10 Å². The van der Waals surface area contributed by atoms with E-state index in [1.165, 1.54) is 12.1 Å². The highest BCUT2D eigenvalue weighted by Gasteiger charge is 2.17.